The SMILES string of the molecule is O=C(Nc1ccc(F)cc1)N1CCN(c2ccccc2N2CCOCC2)CC1. The molecule has 2 heterocycles. The summed E-state index contributed by atoms with van der Waals surface area (Å²) in [5, 5.41) is 2.84. The summed E-state index contributed by atoms with van der Waals surface area (Å²) in [6.07, 6.45) is 0. The van der Waals surface area contributed by atoms with Gasteiger partial charge in [0.25, 0.3) is 0 Å². The molecule has 0 bridgehead atoms. The van der Waals surface area contributed by atoms with Crippen molar-refractivity contribution in [1.29, 1.82) is 0 Å². The molecule has 0 unspecified atom stereocenters. The number of urea groups is 1. The van der Waals surface area contributed by atoms with E-state index in [-0.39, 0.29) is 11.8 Å². The third kappa shape index (κ3) is 4.20. The minimum absolute atomic E-state index is 0.146. The number of hydrogen-bond donors (Lipinski definition) is 1. The first-order valence-electron chi connectivity index (χ1n) is 9.69. The van der Waals surface area contributed by atoms with Gasteiger partial charge in [0.05, 0.1) is 24.6 Å². The van der Waals surface area contributed by atoms with Gasteiger partial charge in [0.15, 0.2) is 0 Å². The van der Waals surface area contributed by atoms with Gasteiger partial charge in [-0.3, -0.25) is 0 Å². The topological polar surface area (TPSA) is 48.1 Å². The molecule has 0 aromatic heterocycles. The van der Waals surface area contributed by atoms with Gasteiger partial charge in [-0.15, -0.1) is 0 Å². The van der Waals surface area contributed by atoms with E-state index in [9.17, 15) is 9.18 Å². The van der Waals surface area contributed by atoms with E-state index in [2.05, 4.69) is 39.4 Å². The van der Waals surface area contributed by atoms with E-state index in [1.807, 2.05) is 0 Å². The van der Waals surface area contributed by atoms with E-state index < -0.39 is 0 Å². The number of hydrogen-bond acceptors (Lipinski definition) is 4. The molecule has 6 nitrogen and oxygen atoms in total. The highest BCUT2D eigenvalue weighted by Gasteiger charge is 2.24. The Morgan fingerprint density at radius 1 is 0.821 bits per heavy atom. The number of carbonyl (C=O) groups is 1. The van der Waals surface area contributed by atoms with E-state index >= 15 is 0 Å². The van der Waals surface area contributed by atoms with Gasteiger partial charge in [-0.2, -0.15) is 0 Å². The molecule has 7 heteroatoms. The van der Waals surface area contributed by atoms with Crippen molar-refractivity contribution < 1.29 is 13.9 Å². The summed E-state index contributed by atoms with van der Waals surface area (Å²) in [7, 11) is 0. The lowest BCUT2D eigenvalue weighted by Gasteiger charge is -2.39. The number of amides is 2. The fourth-order valence-electron chi connectivity index (χ4n) is 3.69. The highest BCUT2D eigenvalue weighted by molar-refractivity contribution is 5.89. The summed E-state index contributed by atoms with van der Waals surface area (Å²) in [5.74, 6) is -0.314. The van der Waals surface area contributed by atoms with Crippen LogP contribution in [-0.2, 0) is 4.74 Å². The number of nitrogens with one attached hydrogen (secondary N) is 1. The zero-order valence-electron chi connectivity index (χ0n) is 15.8. The van der Waals surface area contributed by atoms with Crippen molar-refractivity contribution in [2.75, 3.05) is 67.6 Å². The van der Waals surface area contributed by atoms with Crippen molar-refractivity contribution >= 4 is 23.1 Å². The molecule has 4 rings (SSSR count). The third-order valence-corrected chi connectivity index (χ3v) is 5.24. The number of halogens is 1. The first-order valence-corrected chi connectivity index (χ1v) is 9.69. The van der Waals surface area contributed by atoms with Gasteiger partial charge in [-0.25, -0.2) is 9.18 Å². The summed E-state index contributed by atoms with van der Waals surface area (Å²) in [6, 6.07) is 14.1. The molecule has 2 aromatic carbocycles. The molecular formula is C21H25FN4O2. The van der Waals surface area contributed by atoms with Crippen LogP contribution < -0.4 is 15.1 Å². The minimum atomic E-state index is -0.314. The third-order valence-electron chi connectivity index (χ3n) is 5.24. The van der Waals surface area contributed by atoms with Gasteiger partial charge in [0.1, 0.15) is 5.82 Å². The molecule has 2 fully saturated rings. The number of para-hydroxylation sites is 2. The highest BCUT2D eigenvalue weighted by atomic mass is 19.1. The van der Waals surface area contributed by atoms with E-state index in [4.69, 9.17) is 4.74 Å². The van der Waals surface area contributed by atoms with Crippen molar-refractivity contribution in [3.63, 3.8) is 0 Å². The first-order chi connectivity index (χ1) is 13.7. The molecule has 0 aliphatic carbocycles. The fourth-order valence-corrected chi connectivity index (χ4v) is 3.69. The van der Waals surface area contributed by atoms with Crippen LogP contribution in [0.4, 0.5) is 26.2 Å². The molecule has 28 heavy (non-hydrogen) atoms. The summed E-state index contributed by atoms with van der Waals surface area (Å²) in [5.41, 5.74) is 3.05. The Morgan fingerprint density at radius 3 is 2.00 bits per heavy atom. The lowest BCUT2D eigenvalue weighted by Crippen LogP contribution is -2.50. The normalized spacial score (nSPS) is 17.5. The molecule has 0 radical (unpaired) electrons. The summed E-state index contributed by atoms with van der Waals surface area (Å²) < 4.78 is 18.5. The van der Waals surface area contributed by atoms with Gasteiger partial charge in [-0.1, -0.05) is 12.1 Å². The van der Waals surface area contributed by atoms with Crippen LogP contribution >= 0.6 is 0 Å². The molecule has 2 amide bonds. The second kappa shape index (κ2) is 8.48. The maximum absolute atomic E-state index is 13.0. The van der Waals surface area contributed by atoms with Gasteiger partial charge in [0, 0.05) is 45.0 Å². The summed E-state index contributed by atoms with van der Waals surface area (Å²) in [6.45, 7) is 6.15. The van der Waals surface area contributed by atoms with Gasteiger partial charge < -0.3 is 24.8 Å². The largest absolute Gasteiger partial charge is 0.378 e. The lowest BCUT2D eigenvalue weighted by atomic mass is 10.2. The lowest BCUT2D eigenvalue weighted by molar-refractivity contribution is 0.122. The number of morpholine rings is 1. The predicted octanol–water partition coefficient (Wildman–Crippen LogP) is 3.02. The van der Waals surface area contributed by atoms with E-state index in [1.54, 1.807) is 17.0 Å². The van der Waals surface area contributed by atoms with E-state index in [1.165, 1.54) is 23.5 Å². The Balaban J connectivity index is 1.38. The second-order valence-electron chi connectivity index (χ2n) is 7.00. The minimum Gasteiger partial charge on any atom is -0.378 e. The second-order valence-corrected chi connectivity index (χ2v) is 7.00. The number of anilines is 3. The van der Waals surface area contributed by atoms with E-state index in [0.29, 0.717) is 18.8 Å². The predicted molar refractivity (Wildman–Crippen MR) is 109 cm³/mol. The number of piperazine rings is 1. The van der Waals surface area contributed by atoms with Gasteiger partial charge in [-0.05, 0) is 36.4 Å². The standard InChI is InChI=1S/C21H25FN4O2/c22-17-5-7-18(8-6-17)23-21(27)26-11-9-24(10-12-26)19-3-1-2-4-20(19)25-13-15-28-16-14-25/h1-8H,9-16H2,(H,23,27). The van der Waals surface area contributed by atoms with Crippen LogP contribution in [0, 0.1) is 5.82 Å². The summed E-state index contributed by atoms with van der Waals surface area (Å²) >= 11 is 0. The monoisotopic (exact) mass is 384 g/mol. The van der Waals surface area contributed by atoms with Gasteiger partial charge >= 0.3 is 6.03 Å². The van der Waals surface area contributed by atoms with Crippen molar-refractivity contribution in [2.24, 2.45) is 0 Å². The molecule has 0 saturated carbocycles. The number of benzene rings is 2. The van der Waals surface area contributed by atoms with Crippen molar-refractivity contribution in [3.8, 4) is 0 Å². The van der Waals surface area contributed by atoms with Crippen LogP contribution in [0.25, 0.3) is 0 Å². The first kappa shape index (κ1) is 18.6. The maximum atomic E-state index is 13.0. The molecule has 2 aliphatic heterocycles. The Hall–Kier alpha value is -2.80. The molecule has 148 valence electrons. The van der Waals surface area contributed by atoms with Crippen molar-refractivity contribution in [3.05, 3.63) is 54.3 Å². The molecular weight excluding hydrogens is 359 g/mol. The molecule has 0 spiro atoms. The molecule has 2 aliphatic rings. The number of nitrogens with zero attached hydrogens (tertiary/aromatic N) is 3. The van der Waals surface area contributed by atoms with Crippen LogP contribution in [0.2, 0.25) is 0 Å². The van der Waals surface area contributed by atoms with Crippen molar-refractivity contribution in [2.45, 2.75) is 0 Å². The van der Waals surface area contributed by atoms with Crippen LogP contribution in [0.5, 0.6) is 0 Å². The Morgan fingerprint density at radius 2 is 1.39 bits per heavy atom. The number of ether oxygens (including phenoxy) is 1. The fraction of sp³-hybridized carbons (Fsp3) is 0.381. The number of carbonyl (C=O) groups excluding carboxylic acids is 1. The van der Waals surface area contributed by atoms with Crippen LogP contribution in [0.1, 0.15) is 0 Å². The van der Waals surface area contributed by atoms with Crippen LogP contribution in [-0.4, -0.2) is 63.4 Å². The molecule has 2 aromatic rings. The highest BCUT2D eigenvalue weighted by Crippen LogP contribution is 2.30. The maximum Gasteiger partial charge on any atom is 0.321 e. The van der Waals surface area contributed by atoms with E-state index in [0.717, 1.165) is 39.4 Å². The average molecular weight is 384 g/mol. The molecule has 0 atom stereocenters. The smallest absolute Gasteiger partial charge is 0.321 e. The van der Waals surface area contributed by atoms with Crippen LogP contribution in [0.15, 0.2) is 48.5 Å². The quantitative estimate of drug-likeness (QED) is 0.884. The Bertz CT molecular complexity index is 800. The van der Waals surface area contributed by atoms with Crippen molar-refractivity contribution in [1.82, 2.24) is 4.90 Å². The Kier molecular flexibility index (Phi) is 5.62. The Labute approximate surface area is 164 Å². The van der Waals surface area contributed by atoms with Gasteiger partial charge in [0.2, 0.25) is 0 Å². The molecule has 1 N–H and O–H groups in total. The number of rotatable bonds is 3. The summed E-state index contributed by atoms with van der Waals surface area (Å²) in [4.78, 5) is 19.0. The molecule has 2 saturated heterocycles. The van der Waals surface area contributed by atoms with Crippen LogP contribution in [0.3, 0.4) is 0 Å². The zero-order chi connectivity index (χ0) is 19.3. The average Bonchev–Trinajstić information content (AvgIpc) is 2.76. The zero-order valence-corrected chi connectivity index (χ0v) is 15.8.